The van der Waals surface area contributed by atoms with Gasteiger partial charge in [-0.2, -0.15) is 0 Å². The number of halogens is 1. The zero-order valence-corrected chi connectivity index (χ0v) is 20.6. The van der Waals surface area contributed by atoms with Crippen LogP contribution in [-0.4, -0.2) is 50.2 Å². The number of likely N-dealkylation sites (tertiary alicyclic amines) is 1. The van der Waals surface area contributed by atoms with Gasteiger partial charge in [0, 0.05) is 38.8 Å². The lowest BCUT2D eigenvalue weighted by molar-refractivity contribution is 0.134. The fourth-order valence-electron chi connectivity index (χ4n) is 3.91. The second-order valence-electron chi connectivity index (χ2n) is 7.77. The predicted octanol–water partition coefficient (Wildman–Crippen LogP) is 4.07. The van der Waals surface area contributed by atoms with Crippen molar-refractivity contribution in [3.8, 4) is 5.75 Å². The summed E-state index contributed by atoms with van der Waals surface area (Å²) in [5.41, 5.74) is 2.68. The SMILES string of the molecule is CN=C(NCCc1ccc(OC)cc1)NC1CCN(Cc2ccccc2)C(C)C1.I. The van der Waals surface area contributed by atoms with Crippen LogP contribution in [0.1, 0.15) is 30.9 Å². The first kappa shape index (κ1) is 24.5. The highest BCUT2D eigenvalue weighted by molar-refractivity contribution is 14.0. The number of rotatable bonds is 7. The Balaban J connectivity index is 0.00000320. The van der Waals surface area contributed by atoms with Crippen molar-refractivity contribution in [1.29, 1.82) is 0 Å². The molecule has 1 fully saturated rings. The largest absolute Gasteiger partial charge is 0.497 e. The average molecular weight is 522 g/mol. The lowest BCUT2D eigenvalue weighted by Gasteiger charge is -2.38. The second kappa shape index (κ2) is 12.8. The highest BCUT2D eigenvalue weighted by Crippen LogP contribution is 2.20. The summed E-state index contributed by atoms with van der Waals surface area (Å²) in [6.45, 7) is 5.32. The Morgan fingerprint density at radius 3 is 2.47 bits per heavy atom. The van der Waals surface area contributed by atoms with Gasteiger partial charge in [0.2, 0.25) is 0 Å². The Kier molecular flexibility index (Phi) is 10.4. The van der Waals surface area contributed by atoms with Crippen molar-refractivity contribution in [2.45, 2.75) is 44.8 Å². The maximum atomic E-state index is 5.22. The lowest BCUT2D eigenvalue weighted by atomic mass is 9.97. The van der Waals surface area contributed by atoms with E-state index in [4.69, 9.17) is 4.74 Å². The van der Waals surface area contributed by atoms with Gasteiger partial charge in [-0.1, -0.05) is 42.5 Å². The first-order valence-electron chi connectivity index (χ1n) is 10.6. The Bertz CT molecular complexity index is 767. The number of hydrogen-bond donors (Lipinski definition) is 2. The van der Waals surface area contributed by atoms with E-state index >= 15 is 0 Å². The predicted molar refractivity (Wildman–Crippen MR) is 136 cm³/mol. The van der Waals surface area contributed by atoms with Crippen LogP contribution in [0.5, 0.6) is 5.75 Å². The summed E-state index contributed by atoms with van der Waals surface area (Å²) < 4.78 is 5.22. The molecule has 6 heteroatoms. The quantitative estimate of drug-likeness (QED) is 0.327. The van der Waals surface area contributed by atoms with Crippen molar-refractivity contribution in [2.75, 3.05) is 27.2 Å². The molecule has 2 N–H and O–H groups in total. The first-order valence-corrected chi connectivity index (χ1v) is 10.6. The van der Waals surface area contributed by atoms with Crippen LogP contribution in [0.15, 0.2) is 59.6 Å². The molecule has 2 atom stereocenters. The summed E-state index contributed by atoms with van der Waals surface area (Å²) in [6.07, 6.45) is 3.22. The fourth-order valence-corrected chi connectivity index (χ4v) is 3.91. The molecule has 30 heavy (non-hydrogen) atoms. The van der Waals surface area contributed by atoms with E-state index in [0.29, 0.717) is 12.1 Å². The third-order valence-corrected chi connectivity index (χ3v) is 5.67. The van der Waals surface area contributed by atoms with Gasteiger partial charge in [0.25, 0.3) is 0 Å². The minimum absolute atomic E-state index is 0. The number of benzene rings is 2. The van der Waals surface area contributed by atoms with Crippen LogP contribution in [0.2, 0.25) is 0 Å². The molecule has 0 bridgehead atoms. The summed E-state index contributed by atoms with van der Waals surface area (Å²) in [6, 6.07) is 20.0. The molecule has 2 aromatic rings. The van der Waals surface area contributed by atoms with Crippen molar-refractivity contribution >= 4 is 29.9 Å². The van der Waals surface area contributed by atoms with E-state index in [2.05, 4.69) is 69.9 Å². The van der Waals surface area contributed by atoms with Crippen molar-refractivity contribution in [3.05, 3.63) is 65.7 Å². The maximum absolute atomic E-state index is 5.22. The molecular formula is C24H35IN4O. The van der Waals surface area contributed by atoms with Crippen molar-refractivity contribution in [3.63, 3.8) is 0 Å². The van der Waals surface area contributed by atoms with Crippen molar-refractivity contribution < 1.29 is 4.74 Å². The van der Waals surface area contributed by atoms with Gasteiger partial charge in [0.15, 0.2) is 5.96 Å². The van der Waals surface area contributed by atoms with E-state index in [1.54, 1.807) is 7.11 Å². The Labute approximate surface area is 198 Å². The van der Waals surface area contributed by atoms with E-state index in [9.17, 15) is 0 Å². The van der Waals surface area contributed by atoms with Gasteiger partial charge in [-0.15, -0.1) is 24.0 Å². The standard InChI is InChI=1S/C24H34N4O.HI/c1-19-17-22(14-16-28(19)18-21-7-5-4-6-8-21)27-24(25-2)26-15-13-20-9-11-23(29-3)12-10-20;/h4-12,19,22H,13-18H2,1-3H3,(H2,25,26,27);1H. The minimum atomic E-state index is 0. The molecule has 0 amide bonds. The van der Waals surface area contributed by atoms with Crippen LogP contribution in [-0.2, 0) is 13.0 Å². The highest BCUT2D eigenvalue weighted by Gasteiger charge is 2.25. The molecular weight excluding hydrogens is 487 g/mol. The third kappa shape index (κ3) is 7.47. The number of ether oxygens (including phenoxy) is 1. The van der Waals surface area contributed by atoms with Crippen LogP contribution < -0.4 is 15.4 Å². The van der Waals surface area contributed by atoms with E-state index in [-0.39, 0.29) is 24.0 Å². The zero-order valence-electron chi connectivity index (χ0n) is 18.3. The molecule has 2 aromatic carbocycles. The van der Waals surface area contributed by atoms with Crippen LogP contribution in [0, 0.1) is 0 Å². The van der Waals surface area contributed by atoms with Gasteiger partial charge in [0.05, 0.1) is 7.11 Å². The number of hydrogen-bond acceptors (Lipinski definition) is 3. The van der Waals surface area contributed by atoms with Crippen molar-refractivity contribution in [2.24, 2.45) is 4.99 Å². The Morgan fingerprint density at radius 2 is 1.83 bits per heavy atom. The normalized spacial score (nSPS) is 19.6. The number of piperidine rings is 1. The third-order valence-electron chi connectivity index (χ3n) is 5.67. The highest BCUT2D eigenvalue weighted by atomic mass is 127. The monoisotopic (exact) mass is 522 g/mol. The van der Waals surface area contributed by atoms with Crippen LogP contribution in [0.25, 0.3) is 0 Å². The van der Waals surface area contributed by atoms with Gasteiger partial charge in [-0.05, 0) is 49.4 Å². The van der Waals surface area contributed by atoms with Gasteiger partial charge >= 0.3 is 0 Å². The fraction of sp³-hybridized carbons (Fsp3) is 0.458. The molecule has 0 spiro atoms. The summed E-state index contributed by atoms with van der Waals surface area (Å²) in [4.78, 5) is 6.99. The number of aliphatic imine (C=N–C) groups is 1. The maximum Gasteiger partial charge on any atom is 0.191 e. The molecule has 0 radical (unpaired) electrons. The number of nitrogens with zero attached hydrogens (tertiary/aromatic N) is 2. The molecule has 1 aliphatic heterocycles. The Hall–Kier alpha value is -1.80. The lowest BCUT2D eigenvalue weighted by Crippen LogP contribution is -2.51. The molecule has 0 saturated carbocycles. The van der Waals surface area contributed by atoms with E-state index in [1.165, 1.54) is 11.1 Å². The smallest absolute Gasteiger partial charge is 0.191 e. The molecule has 164 valence electrons. The van der Waals surface area contributed by atoms with Crippen LogP contribution in [0.3, 0.4) is 0 Å². The summed E-state index contributed by atoms with van der Waals surface area (Å²) >= 11 is 0. The molecule has 1 heterocycles. The van der Waals surface area contributed by atoms with Crippen molar-refractivity contribution in [1.82, 2.24) is 15.5 Å². The van der Waals surface area contributed by atoms with Gasteiger partial charge in [0.1, 0.15) is 5.75 Å². The van der Waals surface area contributed by atoms with Gasteiger partial charge < -0.3 is 15.4 Å². The number of guanidine groups is 1. The molecule has 2 unspecified atom stereocenters. The second-order valence-corrected chi connectivity index (χ2v) is 7.77. The summed E-state index contributed by atoms with van der Waals surface area (Å²) in [5.74, 6) is 1.79. The molecule has 1 saturated heterocycles. The number of nitrogens with one attached hydrogen (secondary N) is 2. The number of methoxy groups -OCH3 is 1. The van der Waals surface area contributed by atoms with E-state index in [0.717, 1.165) is 50.6 Å². The topological polar surface area (TPSA) is 48.9 Å². The molecule has 0 aliphatic carbocycles. The van der Waals surface area contributed by atoms with E-state index < -0.39 is 0 Å². The molecule has 5 nitrogen and oxygen atoms in total. The molecule has 3 rings (SSSR count). The first-order chi connectivity index (χ1) is 14.2. The average Bonchev–Trinajstić information content (AvgIpc) is 2.76. The molecule has 0 aromatic heterocycles. The molecule has 1 aliphatic rings. The Morgan fingerprint density at radius 1 is 1.10 bits per heavy atom. The minimum Gasteiger partial charge on any atom is -0.497 e. The summed E-state index contributed by atoms with van der Waals surface area (Å²) in [5, 5.41) is 7.07. The van der Waals surface area contributed by atoms with Gasteiger partial charge in [-0.3, -0.25) is 9.89 Å². The van der Waals surface area contributed by atoms with Gasteiger partial charge in [-0.25, -0.2) is 0 Å². The van der Waals surface area contributed by atoms with Crippen LogP contribution in [0.4, 0.5) is 0 Å². The van der Waals surface area contributed by atoms with E-state index in [1.807, 2.05) is 19.2 Å². The zero-order chi connectivity index (χ0) is 20.5. The van der Waals surface area contributed by atoms with Crippen LogP contribution >= 0.6 is 24.0 Å². The summed E-state index contributed by atoms with van der Waals surface area (Å²) in [7, 11) is 3.54.